The van der Waals surface area contributed by atoms with Gasteiger partial charge < -0.3 is 10.6 Å². The van der Waals surface area contributed by atoms with Gasteiger partial charge in [0, 0.05) is 25.6 Å². The zero-order chi connectivity index (χ0) is 14.0. The Morgan fingerprint density at radius 2 is 2.00 bits per heavy atom. The number of nitrogens with zero attached hydrogens (tertiary/aromatic N) is 1. The first-order valence-corrected chi connectivity index (χ1v) is 6.76. The van der Waals surface area contributed by atoms with Crippen LogP contribution in [0.3, 0.4) is 0 Å². The molecule has 0 saturated carbocycles. The average Bonchev–Trinajstić information content (AvgIpc) is 2.72. The van der Waals surface area contributed by atoms with Crippen LogP contribution in [0.4, 0.5) is 4.39 Å². The molecule has 1 aromatic rings. The first-order valence-electron chi connectivity index (χ1n) is 6.76. The minimum Gasteiger partial charge on any atom is -0.340 e. The maximum Gasteiger partial charge on any atom is 0.222 e. The number of benzene rings is 1. The van der Waals surface area contributed by atoms with Crippen molar-refractivity contribution >= 4 is 5.91 Å². The van der Waals surface area contributed by atoms with Gasteiger partial charge in [0.05, 0.1) is 0 Å². The fourth-order valence-corrected chi connectivity index (χ4v) is 2.48. The number of rotatable bonds is 4. The molecule has 19 heavy (non-hydrogen) atoms. The molecule has 0 spiro atoms. The summed E-state index contributed by atoms with van der Waals surface area (Å²) < 4.78 is 12.9. The van der Waals surface area contributed by atoms with E-state index in [1.165, 1.54) is 12.1 Å². The molecule has 1 heterocycles. The van der Waals surface area contributed by atoms with Gasteiger partial charge in [-0.25, -0.2) is 4.39 Å². The molecule has 1 aromatic carbocycles. The van der Waals surface area contributed by atoms with Gasteiger partial charge in [-0.3, -0.25) is 4.79 Å². The molecule has 2 atom stereocenters. The van der Waals surface area contributed by atoms with Gasteiger partial charge in [-0.1, -0.05) is 26.0 Å². The standard InChI is InChI=1S/C15H21FN2O/c1-10(2)12-7-15(19)18(8-12)9-14(17)11-3-5-13(16)6-4-11/h3-6,10,12,14H,7-9,17H2,1-2H3. The highest BCUT2D eigenvalue weighted by Crippen LogP contribution is 2.26. The van der Waals surface area contributed by atoms with Gasteiger partial charge in [0.2, 0.25) is 5.91 Å². The quantitative estimate of drug-likeness (QED) is 0.907. The van der Waals surface area contributed by atoms with Gasteiger partial charge in [-0.2, -0.15) is 0 Å². The summed E-state index contributed by atoms with van der Waals surface area (Å²) in [5.41, 5.74) is 6.96. The monoisotopic (exact) mass is 264 g/mol. The summed E-state index contributed by atoms with van der Waals surface area (Å²) in [4.78, 5) is 13.8. The van der Waals surface area contributed by atoms with Crippen LogP contribution in [0, 0.1) is 17.7 Å². The maximum absolute atomic E-state index is 12.9. The third kappa shape index (κ3) is 3.32. The molecule has 0 bridgehead atoms. The first-order chi connectivity index (χ1) is 8.97. The molecule has 2 unspecified atom stereocenters. The van der Waals surface area contributed by atoms with Crippen LogP contribution < -0.4 is 5.73 Å². The number of hydrogen-bond acceptors (Lipinski definition) is 2. The predicted octanol–water partition coefficient (Wildman–Crippen LogP) is 2.33. The molecule has 0 aromatic heterocycles. The van der Waals surface area contributed by atoms with Crippen molar-refractivity contribution in [2.24, 2.45) is 17.6 Å². The van der Waals surface area contributed by atoms with E-state index in [2.05, 4.69) is 13.8 Å². The van der Waals surface area contributed by atoms with Gasteiger partial charge in [-0.15, -0.1) is 0 Å². The van der Waals surface area contributed by atoms with Crippen LogP contribution in [0.1, 0.15) is 31.9 Å². The number of carbonyl (C=O) groups is 1. The summed E-state index contributed by atoms with van der Waals surface area (Å²) in [7, 11) is 0. The highest BCUT2D eigenvalue weighted by Gasteiger charge is 2.32. The molecule has 2 rings (SSSR count). The summed E-state index contributed by atoms with van der Waals surface area (Å²) in [5.74, 6) is 0.841. The van der Waals surface area contributed by atoms with Crippen molar-refractivity contribution in [3.63, 3.8) is 0 Å². The van der Waals surface area contributed by atoms with Gasteiger partial charge in [0.1, 0.15) is 5.82 Å². The third-order valence-electron chi connectivity index (χ3n) is 3.90. The number of amides is 1. The molecular formula is C15H21FN2O. The Labute approximate surface area is 113 Å². The summed E-state index contributed by atoms with van der Waals surface area (Å²) in [6.07, 6.45) is 0.619. The molecule has 1 saturated heterocycles. The predicted molar refractivity (Wildman–Crippen MR) is 72.9 cm³/mol. The maximum atomic E-state index is 12.9. The Hall–Kier alpha value is -1.42. The molecule has 104 valence electrons. The smallest absolute Gasteiger partial charge is 0.222 e. The van der Waals surface area contributed by atoms with E-state index in [-0.39, 0.29) is 17.8 Å². The molecule has 4 heteroatoms. The molecule has 1 fully saturated rings. The highest BCUT2D eigenvalue weighted by molar-refractivity contribution is 5.78. The minimum absolute atomic E-state index is 0.177. The zero-order valence-corrected chi connectivity index (χ0v) is 11.5. The van der Waals surface area contributed by atoms with Crippen LogP contribution in [0.25, 0.3) is 0 Å². The fraction of sp³-hybridized carbons (Fsp3) is 0.533. The molecule has 0 radical (unpaired) electrons. The lowest BCUT2D eigenvalue weighted by Crippen LogP contribution is -2.33. The molecule has 1 aliphatic rings. The SMILES string of the molecule is CC(C)C1CC(=O)N(CC(N)c2ccc(F)cc2)C1. The lowest BCUT2D eigenvalue weighted by atomic mass is 9.95. The summed E-state index contributed by atoms with van der Waals surface area (Å²) >= 11 is 0. The summed E-state index contributed by atoms with van der Waals surface area (Å²) in [6.45, 7) is 5.57. The molecule has 1 amide bonds. The number of nitrogens with two attached hydrogens (primary N) is 1. The first kappa shape index (κ1) is 14.0. The second kappa shape index (κ2) is 5.70. The van der Waals surface area contributed by atoms with E-state index in [1.54, 1.807) is 12.1 Å². The Kier molecular flexibility index (Phi) is 4.20. The fourth-order valence-electron chi connectivity index (χ4n) is 2.48. The number of carbonyl (C=O) groups excluding carboxylic acids is 1. The number of hydrogen-bond donors (Lipinski definition) is 1. The topological polar surface area (TPSA) is 46.3 Å². The van der Waals surface area contributed by atoms with Crippen molar-refractivity contribution in [2.45, 2.75) is 26.3 Å². The minimum atomic E-state index is -0.270. The molecular weight excluding hydrogens is 243 g/mol. The van der Waals surface area contributed by atoms with Crippen molar-refractivity contribution < 1.29 is 9.18 Å². The van der Waals surface area contributed by atoms with Crippen LogP contribution in [0.5, 0.6) is 0 Å². The third-order valence-corrected chi connectivity index (χ3v) is 3.90. The van der Waals surface area contributed by atoms with Crippen LogP contribution in [0.2, 0.25) is 0 Å². The normalized spacial score (nSPS) is 21.2. The highest BCUT2D eigenvalue weighted by atomic mass is 19.1. The second-order valence-electron chi connectivity index (χ2n) is 5.66. The van der Waals surface area contributed by atoms with Crippen molar-refractivity contribution in [2.75, 3.05) is 13.1 Å². The Morgan fingerprint density at radius 1 is 1.37 bits per heavy atom. The van der Waals surface area contributed by atoms with Crippen LogP contribution >= 0.6 is 0 Å². The molecule has 3 nitrogen and oxygen atoms in total. The Bertz CT molecular complexity index is 444. The Morgan fingerprint density at radius 3 is 2.53 bits per heavy atom. The van der Waals surface area contributed by atoms with Crippen LogP contribution in [0.15, 0.2) is 24.3 Å². The molecule has 0 aliphatic carbocycles. The van der Waals surface area contributed by atoms with Crippen LogP contribution in [-0.4, -0.2) is 23.9 Å². The average molecular weight is 264 g/mol. The van der Waals surface area contributed by atoms with Crippen molar-refractivity contribution in [3.05, 3.63) is 35.6 Å². The van der Waals surface area contributed by atoms with E-state index in [0.29, 0.717) is 24.8 Å². The van der Waals surface area contributed by atoms with Crippen molar-refractivity contribution in [1.82, 2.24) is 4.90 Å². The number of likely N-dealkylation sites (tertiary alicyclic amines) is 1. The second-order valence-corrected chi connectivity index (χ2v) is 5.66. The molecule has 1 aliphatic heterocycles. The van der Waals surface area contributed by atoms with E-state index in [1.807, 2.05) is 4.90 Å². The largest absolute Gasteiger partial charge is 0.340 e. The summed E-state index contributed by atoms with van der Waals surface area (Å²) in [6, 6.07) is 5.91. The summed E-state index contributed by atoms with van der Waals surface area (Å²) in [5, 5.41) is 0. The van der Waals surface area contributed by atoms with E-state index < -0.39 is 0 Å². The van der Waals surface area contributed by atoms with E-state index in [4.69, 9.17) is 5.73 Å². The lowest BCUT2D eigenvalue weighted by molar-refractivity contribution is -0.128. The number of halogens is 1. The Balaban J connectivity index is 1.97. The van der Waals surface area contributed by atoms with E-state index >= 15 is 0 Å². The van der Waals surface area contributed by atoms with Crippen molar-refractivity contribution in [1.29, 1.82) is 0 Å². The van der Waals surface area contributed by atoms with Crippen LogP contribution in [-0.2, 0) is 4.79 Å². The van der Waals surface area contributed by atoms with E-state index in [0.717, 1.165) is 12.1 Å². The van der Waals surface area contributed by atoms with Gasteiger partial charge in [-0.05, 0) is 29.5 Å². The van der Waals surface area contributed by atoms with Gasteiger partial charge >= 0.3 is 0 Å². The van der Waals surface area contributed by atoms with E-state index in [9.17, 15) is 9.18 Å². The molecule has 2 N–H and O–H groups in total. The lowest BCUT2D eigenvalue weighted by Gasteiger charge is -2.22. The van der Waals surface area contributed by atoms with Gasteiger partial charge in [0.15, 0.2) is 0 Å². The van der Waals surface area contributed by atoms with Gasteiger partial charge in [0.25, 0.3) is 0 Å². The van der Waals surface area contributed by atoms with Crippen molar-refractivity contribution in [3.8, 4) is 0 Å². The zero-order valence-electron chi connectivity index (χ0n) is 11.5.